The number of carboxylic acids is 2. The van der Waals surface area contributed by atoms with E-state index >= 15 is 0 Å². The molecule has 0 spiro atoms. The van der Waals surface area contributed by atoms with Crippen molar-refractivity contribution in [3.05, 3.63) is 153 Å². The first-order valence-electron chi connectivity index (χ1n) is 16.9. The summed E-state index contributed by atoms with van der Waals surface area (Å²) in [6.45, 7) is 1.51. The van der Waals surface area contributed by atoms with Gasteiger partial charge in [0.25, 0.3) is 0 Å². The van der Waals surface area contributed by atoms with E-state index in [9.17, 15) is 33.0 Å². The van der Waals surface area contributed by atoms with Gasteiger partial charge >= 0.3 is 41.7 Å². The number of hydrogen-bond donors (Lipinski definition) is 1. The van der Waals surface area contributed by atoms with E-state index < -0.39 is 23.7 Å². The number of benzene rings is 4. The minimum absolute atomic E-state index is 0. The maximum Gasteiger partial charge on any atom is 1.00 e. The van der Waals surface area contributed by atoms with Crippen LogP contribution in [0.5, 0.6) is 5.75 Å². The van der Waals surface area contributed by atoms with Crippen molar-refractivity contribution in [2.75, 3.05) is 13.1 Å². The number of rotatable bonds is 13. The Balaban J connectivity index is 0.00000541. The Morgan fingerprint density at radius 2 is 1.58 bits per heavy atom. The van der Waals surface area contributed by atoms with Crippen molar-refractivity contribution in [1.82, 2.24) is 9.88 Å². The Kier molecular flexibility index (Phi) is 13.4. The molecule has 268 valence electrons. The first kappa shape index (κ1) is 40.0. The number of halogens is 4. The monoisotopic (exact) mass is 750 g/mol. The number of hydrogen-bond acceptors (Lipinski definition) is 6. The van der Waals surface area contributed by atoms with Gasteiger partial charge in [-0.2, -0.15) is 13.2 Å². The third-order valence-electron chi connectivity index (χ3n) is 9.42. The minimum Gasteiger partial charge on any atom is -0.543 e. The number of aromatic nitrogens is 1. The summed E-state index contributed by atoms with van der Waals surface area (Å²) in [5, 5.41) is 21.3. The minimum atomic E-state index is -4.41. The quantitative estimate of drug-likeness (QED) is 0.165. The zero-order chi connectivity index (χ0) is 36.8. The fourth-order valence-corrected chi connectivity index (χ4v) is 6.84. The van der Waals surface area contributed by atoms with E-state index in [4.69, 9.17) is 16.3 Å². The number of carbonyl (C=O) groups is 2. The van der Waals surface area contributed by atoms with Gasteiger partial charge in [-0.25, -0.2) is 4.79 Å². The molecule has 1 N–H and O–H groups in total. The number of aromatic carboxylic acids is 2. The van der Waals surface area contributed by atoms with Gasteiger partial charge in [0.05, 0.1) is 22.8 Å². The van der Waals surface area contributed by atoms with Crippen LogP contribution in [0.4, 0.5) is 13.2 Å². The molecule has 7 nitrogen and oxygen atoms in total. The molecular formula is C41H35ClF3N2NaO5. The third kappa shape index (κ3) is 10.1. The summed E-state index contributed by atoms with van der Waals surface area (Å²) in [7, 11) is 0. The first-order chi connectivity index (χ1) is 25.0. The van der Waals surface area contributed by atoms with Crippen LogP contribution < -0.4 is 39.4 Å². The molecule has 1 atom stereocenters. The van der Waals surface area contributed by atoms with Crippen LogP contribution in [-0.2, 0) is 32.0 Å². The molecule has 0 saturated heterocycles. The van der Waals surface area contributed by atoms with Crippen molar-refractivity contribution in [2.45, 2.75) is 50.9 Å². The molecule has 0 fully saturated rings. The van der Waals surface area contributed by atoms with Crippen molar-refractivity contribution >= 4 is 23.5 Å². The zero-order valence-corrected chi connectivity index (χ0v) is 31.8. The largest absolute Gasteiger partial charge is 1.00 e. The molecule has 0 aliphatic heterocycles. The Morgan fingerprint density at radius 1 is 0.887 bits per heavy atom. The topological polar surface area (TPSA) is 103 Å². The second kappa shape index (κ2) is 17.8. The van der Waals surface area contributed by atoms with Gasteiger partial charge < -0.3 is 19.7 Å². The number of fused-ring (bicyclic) bond motifs is 1. The molecule has 0 amide bonds. The number of ether oxygens (including phenoxy) is 1. The van der Waals surface area contributed by atoms with Gasteiger partial charge in [0.1, 0.15) is 12.4 Å². The van der Waals surface area contributed by atoms with Crippen LogP contribution in [0.3, 0.4) is 0 Å². The van der Waals surface area contributed by atoms with Crippen LogP contribution in [0.15, 0.2) is 103 Å². The predicted octanol–water partition coefficient (Wildman–Crippen LogP) is 5.23. The molecule has 1 heterocycles. The Bertz CT molecular complexity index is 2060. The Labute approximate surface area is 332 Å². The van der Waals surface area contributed by atoms with Gasteiger partial charge in [-0.05, 0) is 102 Å². The van der Waals surface area contributed by atoms with Crippen LogP contribution in [-0.4, -0.2) is 40.0 Å². The van der Waals surface area contributed by atoms with Gasteiger partial charge in [0.15, 0.2) is 0 Å². The van der Waals surface area contributed by atoms with Crippen LogP contribution in [0.25, 0.3) is 11.1 Å². The smallest absolute Gasteiger partial charge is 0.543 e. The average molecular weight is 751 g/mol. The SMILES string of the molecule is O=C(O)c1ccc(CCN(CCc2ccccc2OCc2ccc(-c3ccc(C(F)(F)F)cc3)cc2Cl)[C@@H]2CCCc3nc(C(=O)[O-])ccc32)cc1.[Na+]. The molecule has 1 aliphatic carbocycles. The average Bonchev–Trinajstić information content (AvgIpc) is 3.14. The number of alkyl halides is 3. The molecule has 5 aromatic rings. The van der Waals surface area contributed by atoms with Gasteiger partial charge in [0, 0.05) is 35.4 Å². The van der Waals surface area contributed by atoms with Gasteiger partial charge in [0.2, 0.25) is 0 Å². The predicted molar refractivity (Wildman–Crippen MR) is 189 cm³/mol. The summed E-state index contributed by atoms with van der Waals surface area (Å²) in [4.78, 5) is 29.7. The van der Waals surface area contributed by atoms with Crippen LogP contribution in [0, 0.1) is 0 Å². The number of pyridine rings is 1. The molecule has 0 unspecified atom stereocenters. The standard InChI is InChI=1S/C41H36ClF3N2O5.Na/c42-34-24-30(27-14-16-32(17-15-27)41(43,44)45)12-13-31(34)25-52-38-7-2-1-4-28(38)21-23-47(22-20-26-8-10-29(11-9-26)39(48)49)37-6-3-5-35-33(37)18-19-36(46-35)40(50)51;/h1-2,4,7-19,24,37H,3,5-6,20-23,25H2,(H,48,49)(H,50,51);/q;+1/p-1/t37-;/m1./s1. The molecule has 4 aromatic carbocycles. The number of carbonyl (C=O) groups excluding carboxylic acids is 1. The number of nitrogens with zero attached hydrogens (tertiary/aromatic N) is 2. The second-order valence-electron chi connectivity index (χ2n) is 12.7. The maximum absolute atomic E-state index is 13.0. The molecule has 0 saturated carbocycles. The molecule has 0 bridgehead atoms. The van der Waals surface area contributed by atoms with E-state index in [-0.39, 0.29) is 53.5 Å². The second-order valence-corrected chi connectivity index (χ2v) is 13.2. The molecule has 53 heavy (non-hydrogen) atoms. The summed E-state index contributed by atoms with van der Waals surface area (Å²) in [5.41, 5.74) is 5.21. The normalized spacial score (nSPS) is 13.9. The summed E-state index contributed by atoms with van der Waals surface area (Å²) >= 11 is 6.62. The van der Waals surface area contributed by atoms with E-state index in [1.54, 1.807) is 24.3 Å². The van der Waals surface area contributed by atoms with E-state index in [1.165, 1.54) is 18.2 Å². The van der Waals surface area contributed by atoms with Crippen LogP contribution in [0.2, 0.25) is 5.02 Å². The van der Waals surface area contributed by atoms with Crippen molar-refractivity contribution in [3.8, 4) is 16.9 Å². The number of para-hydroxylation sites is 1. The Morgan fingerprint density at radius 3 is 2.26 bits per heavy atom. The van der Waals surface area contributed by atoms with Crippen molar-refractivity contribution < 1.29 is 67.3 Å². The van der Waals surface area contributed by atoms with E-state index in [0.29, 0.717) is 54.3 Å². The fraction of sp³-hybridized carbons (Fsp3) is 0.244. The Hall–Kier alpha value is -4.19. The van der Waals surface area contributed by atoms with Crippen molar-refractivity contribution in [2.24, 2.45) is 0 Å². The molecule has 12 heteroatoms. The molecule has 1 aliphatic rings. The van der Waals surface area contributed by atoms with Gasteiger partial charge in [-0.3, -0.25) is 9.88 Å². The van der Waals surface area contributed by atoms with Gasteiger partial charge in [-0.1, -0.05) is 72.3 Å². The van der Waals surface area contributed by atoms with Gasteiger partial charge in [-0.15, -0.1) is 0 Å². The zero-order valence-electron chi connectivity index (χ0n) is 29.0. The molecule has 0 radical (unpaired) electrons. The van der Waals surface area contributed by atoms with E-state index in [2.05, 4.69) is 9.88 Å². The molecule has 1 aromatic heterocycles. The van der Waals surface area contributed by atoms with E-state index in [0.717, 1.165) is 52.9 Å². The summed E-state index contributed by atoms with van der Waals surface area (Å²) < 4.78 is 45.3. The number of aryl methyl sites for hydroxylation is 1. The summed E-state index contributed by atoms with van der Waals surface area (Å²) in [5.74, 6) is -1.59. The fourth-order valence-electron chi connectivity index (χ4n) is 6.60. The summed E-state index contributed by atoms with van der Waals surface area (Å²) in [6, 6.07) is 28.2. The van der Waals surface area contributed by atoms with Crippen molar-refractivity contribution in [3.63, 3.8) is 0 Å². The third-order valence-corrected chi connectivity index (χ3v) is 9.77. The molecular weight excluding hydrogens is 716 g/mol. The van der Waals surface area contributed by atoms with Crippen LogP contribution >= 0.6 is 11.6 Å². The molecule has 6 rings (SSSR count). The first-order valence-corrected chi connectivity index (χ1v) is 17.3. The van der Waals surface area contributed by atoms with E-state index in [1.807, 2.05) is 48.5 Å². The summed E-state index contributed by atoms with van der Waals surface area (Å²) in [6.07, 6.45) is -0.684. The number of carboxylic acid groups (broad SMARTS) is 2. The maximum atomic E-state index is 13.0. The van der Waals surface area contributed by atoms with Crippen molar-refractivity contribution in [1.29, 1.82) is 0 Å². The van der Waals surface area contributed by atoms with Crippen LogP contribution in [0.1, 0.15) is 73.2 Å².